The van der Waals surface area contributed by atoms with E-state index in [1.807, 2.05) is 13.8 Å². The summed E-state index contributed by atoms with van der Waals surface area (Å²) >= 11 is 0. The highest BCUT2D eigenvalue weighted by atomic mass is 16.5. The summed E-state index contributed by atoms with van der Waals surface area (Å²) in [4.78, 5) is 0. The van der Waals surface area contributed by atoms with Gasteiger partial charge in [-0.1, -0.05) is 19.1 Å². The molecule has 1 aromatic carbocycles. The van der Waals surface area contributed by atoms with E-state index < -0.39 is 0 Å². The van der Waals surface area contributed by atoms with E-state index in [1.54, 1.807) is 0 Å². The first-order valence-electron chi connectivity index (χ1n) is 8.22. The molecule has 0 saturated carbocycles. The van der Waals surface area contributed by atoms with Crippen LogP contribution in [0.1, 0.15) is 58.6 Å². The second kappa shape index (κ2) is 7.81. The van der Waals surface area contributed by atoms with Crippen LogP contribution in [-0.4, -0.2) is 24.9 Å². The van der Waals surface area contributed by atoms with Gasteiger partial charge >= 0.3 is 0 Å². The number of nitrogens with one attached hydrogen (secondary N) is 1. The normalized spacial score (nSPS) is 24.0. The van der Waals surface area contributed by atoms with Crippen molar-refractivity contribution in [3.8, 4) is 5.75 Å². The van der Waals surface area contributed by atoms with Gasteiger partial charge in [0.05, 0.1) is 12.2 Å². The van der Waals surface area contributed by atoms with E-state index in [0.717, 1.165) is 31.6 Å². The molecule has 3 unspecified atom stereocenters. The Morgan fingerprint density at radius 2 is 1.95 bits per heavy atom. The van der Waals surface area contributed by atoms with Crippen molar-refractivity contribution in [2.75, 3.05) is 6.61 Å². The fraction of sp³-hybridized carbons (Fsp3) is 0.667. The summed E-state index contributed by atoms with van der Waals surface area (Å²) in [5.41, 5.74) is 1.31. The standard InChI is InChI=1S/C18H29NO2/c1-5-17-12-16(10-11-20-17)19-14(4)15-6-8-18(9-7-15)21-13(2)3/h6-9,13-14,16-17,19H,5,10-12H2,1-4H3. The molecular weight excluding hydrogens is 262 g/mol. The van der Waals surface area contributed by atoms with Gasteiger partial charge in [-0.25, -0.2) is 0 Å². The van der Waals surface area contributed by atoms with Crippen LogP contribution >= 0.6 is 0 Å². The summed E-state index contributed by atoms with van der Waals surface area (Å²) in [5, 5.41) is 3.74. The maximum Gasteiger partial charge on any atom is 0.119 e. The van der Waals surface area contributed by atoms with E-state index >= 15 is 0 Å². The first-order chi connectivity index (χ1) is 10.1. The molecule has 1 fully saturated rings. The molecule has 0 aliphatic carbocycles. The summed E-state index contributed by atoms with van der Waals surface area (Å²) in [6.45, 7) is 9.41. The molecule has 1 N–H and O–H groups in total. The van der Waals surface area contributed by atoms with Gasteiger partial charge in [-0.2, -0.15) is 0 Å². The number of ether oxygens (including phenoxy) is 2. The fourth-order valence-corrected chi connectivity index (χ4v) is 2.87. The highest BCUT2D eigenvalue weighted by Gasteiger charge is 2.22. The molecule has 1 aliphatic heterocycles. The first kappa shape index (κ1) is 16.3. The van der Waals surface area contributed by atoms with Gasteiger partial charge in [0.25, 0.3) is 0 Å². The molecule has 1 saturated heterocycles. The van der Waals surface area contributed by atoms with Crippen LogP contribution in [0.4, 0.5) is 0 Å². The van der Waals surface area contributed by atoms with Crippen LogP contribution in [0, 0.1) is 0 Å². The van der Waals surface area contributed by atoms with E-state index in [4.69, 9.17) is 9.47 Å². The lowest BCUT2D eigenvalue weighted by Crippen LogP contribution is -2.39. The molecule has 118 valence electrons. The lowest BCUT2D eigenvalue weighted by molar-refractivity contribution is -0.00165. The molecule has 3 atom stereocenters. The summed E-state index contributed by atoms with van der Waals surface area (Å²) in [5.74, 6) is 0.943. The first-order valence-corrected chi connectivity index (χ1v) is 8.22. The molecule has 1 aliphatic rings. The Morgan fingerprint density at radius 1 is 1.24 bits per heavy atom. The van der Waals surface area contributed by atoms with Crippen molar-refractivity contribution in [2.24, 2.45) is 0 Å². The Balaban J connectivity index is 1.89. The van der Waals surface area contributed by atoms with Gasteiger partial charge < -0.3 is 14.8 Å². The molecule has 0 aromatic heterocycles. The third kappa shape index (κ3) is 5.01. The van der Waals surface area contributed by atoms with Crippen molar-refractivity contribution in [1.29, 1.82) is 0 Å². The van der Waals surface area contributed by atoms with Gasteiger partial charge in [-0.3, -0.25) is 0 Å². The molecule has 0 spiro atoms. The number of benzene rings is 1. The van der Waals surface area contributed by atoms with Gasteiger partial charge in [0.15, 0.2) is 0 Å². The molecule has 0 radical (unpaired) electrons. The van der Waals surface area contributed by atoms with Gasteiger partial charge in [0.2, 0.25) is 0 Å². The monoisotopic (exact) mass is 291 g/mol. The van der Waals surface area contributed by atoms with Gasteiger partial charge in [0.1, 0.15) is 5.75 Å². The average molecular weight is 291 g/mol. The zero-order chi connectivity index (χ0) is 15.2. The minimum atomic E-state index is 0.222. The molecule has 1 aromatic rings. The minimum absolute atomic E-state index is 0.222. The molecule has 3 heteroatoms. The van der Waals surface area contributed by atoms with E-state index in [2.05, 4.69) is 43.4 Å². The van der Waals surface area contributed by atoms with Crippen LogP contribution in [0.3, 0.4) is 0 Å². The highest BCUT2D eigenvalue weighted by Crippen LogP contribution is 2.22. The molecule has 0 bridgehead atoms. The third-order valence-corrected chi connectivity index (χ3v) is 4.06. The zero-order valence-electron chi connectivity index (χ0n) is 13.8. The lowest BCUT2D eigenvalue weighted by atomic mass is 9.99. The third-order valence-electron chi connectivity index (χ3n) is 4.06. The Hall–Kier alpha value is -1.06. The Bertz CT molecular complexity index is 416. The van der Waals surface area contributed by atoms with Crippen LogP contribution in [0.15, 0.2) is 24.3 Å². The van der Waals surface area contributed by atoms with Gasteiger partial charge in [0, 0.05) is 18.7 Å². The predicted octanol–water partition coefficient (Wildman–Crippen LogP) is 4.08. The maximum absolute atomic E-state index is 5.74. The molecule has 2 rings (SSSR count). The van der Waals surface area contributed by atoms with E-state index in [-0.39, 0.29) is 6.10 Å². The fourth-order valence-electron chi connectivity index (χ4n) is 2.87. The van der Waals surface area contributed by atoms with Crippen LogP contribution in [0.5, 0.6) is 5.75 Å². The lowest BCUT2D eigenvalue weighted by Gasteiger charge is -2.32. The highest BCUT2D eigenvalue weighted by molar-refractivity contribution is 5.29. The average Bonchev–Trinajstić information content (AvgIpc) is 2.47. The largest absolute Gasteiger partial charge is 0.491 e. The van der Waals surface area contributed by atoms with Crippen molar-refractivity contribution >= 4 is 0 Å². The number of hydrogen-bond acceptors (Lipinski definition) is 3. The van der Waals surface area contributed by atoms with Crippen LogP contribution in [-0.2, 0) is 4.74 Å². The smallest absolute Gasteiger partial charge is 0.119 e. The van der Waals surface area contributed by atoms with Crippen molar-refractivity contribution in [1.82, 2.24) is 5.32 Å². The van der Waals surface area contributed by atoms with Crippen LogP contribution in [0.25, 0.3) is 0 Å². The molecule has 0 amide bonds. The second-order valence-electron chi connectivity index (χ2n) is 6.25. The van der Waals surface area contributed by atoms with Gasteiger partial charge in [-0.15, -0.1) is 0 Å². The van der Waals surface area contributed by atoms with Crippen molar-refractivity contribution in [3.63, 3.8) is 0 Å². The van der Waals surface area contributed by atoms with E-state index in [1.165, 1.54) is 5.56 Å². The van der Waals surface area contributed by atoms with Crippen molar-refractivity contribution < 1.29 is 9.47 Å². The van der Waals surface area contributed by atoms with Crippen LogP contribution < -0.4 is 10.1 Å². The zero-order valence-corrected chi connectivity index (χ0v) is 13.8. The number of hydrogen-bond donors (Lipinski definition) is 1. The number of rotatable bonds is 6. The summed E-state index contributed by atoms with van der Waals surface area (Å²) < 4.78 is 11.4. The summed E-state index contributed by atoms with van der Waals surface area (Å²) in [6.07, 6.45) is 3.98. The quantitative estimate of drug-likeness (QED) is 0.856. The van der Waals surface area contributed by atoms with Crippen molar-refractivity contribution in [2.45, 2.75) is 71.2 Å². The molecule has 3 nitrogen and oxygen atoms in total. The molecule has 21 heavy (non-hydrogen) atoms. The maximum atomic E-state index is 5.74. The SMILES string of the molecule is CCC1CC(NC(C)c2ccc(OC(C)C)cc2)CCO1. The van der Waals surface area contributed by atoms with Gasteiger partial charge in [-0.05, 0) is 57.7 Å². The van der Waals surface area contributed by atoms with E-state index in [9.17, 15) is 0 Å². The van der Waals surface area contributed by atoms with E-state index in [0.29, 0.717) is 18.2 Å². The summed E-state index contributed by atoms with van der Waals surface area (Å²) in [6, 6.07) is 9.36. The minimum Gasteiger partial charge on any atom is -0.491 e. The molecule has 1 heterocycles. The Kier molecular flexibility index (Phi) is 6.07. The second-order valence-corrected chi connectivity index (χ2v) is 6.25. The summed E-state index contributed by atoms with van der Waals surface area (Å²) in [7, 11) is 0. The Labute approximate surface area is 129 Å². The van der Waals surface area contributed by atoms with Crippen LogP contribution in [0.2, 0.25) is 0 Å². The molecular formula is C18H29NO2. The topological polar surface area (TPSA) is 30.5 Å². The Morgan fingerprint density at radius 3 is 2.57 bits per heavy atom. The van der Waals surface area contributed by atoms with Crippen molar-refractivity contribution in [3.05, 3.63) is 29.8 Å². The predicted molar refractivity (Wildman–Crippen MR) is 86.8 cm³/mol.